The van der Waals surface area contributed by atoms with Gasteiger partial charge >= 0.3 is 0 Å². The SMILES string of the molecule is Cc1nn(C(C)(C)C)c2nc(C3CC3)cc(C(=O)N(C)C3CC4CCC(C3)N4)c12.Cl.Cl. The van der Waals surface area contributed by atoms with Crippen LogP contribution in [0.5, 0.6) is 0 Å². The summed E-state index contributed by atoms with van der Waals surface area (Å²) in [6.07, 6.45) is 6.94. The van der Waals surface area contributed by atoms with E-state index in [0.29, 0.717) is 24.0 Å². The Kier molecular flexibility index (Phi) is 6.68. The van der Waals surface area contributed by atoms with Crippen LogP contribution in [0.1, 0.15) is 87.0 Å². The van der Waals surface area contributed by atoms with Gasteiger partial charge in [0.2, 0.25) is 0 Å². The number of hydrogen-bond acceptors (Lipinski definition) is 4. The molecule has 2 aliphatic heterocycles. The Morgan fingerprint density at radius 3 is 2.29 bits per heavy atom. The molecule has 2 aromatic rings. The Morgan fingerprint density at radius 2 is 1.74 bits per heavy atom. The predicted molar refractivity (Wildman–Crippen MR) is 129 cm³/mol. The van der Waals surface area contributed by atoms with Gasteiger partial charge in [-0.2, -0.15) is 5.10 Å². The highest BCUT2D eigenvalue weighted by atomic mass is 35.5. The fraction of sp³-hybridized carbons (Fsp3) is 0.696. The zero-order chi connectivity index (χ0) is 20.5. The number of pyridine rings is 1. The maximum Gasteiger partial charge on any atom is 0.254 e. The first kappa shape index (κ1) is 24.3. The van der Waals surface area contributed by atoms with Gasteiger partial charge in [0, 0.05) is 36.8 Å². The summed E-state index contributed by atoms with van der Waals surface area (Å²) in [5.74, 6) is 0.622. The van der Waals surface area contributed by atoms with E-state index < -0.39 is 0 Å². The molecule has 2 bridgehead atoms. The van der Waals surface area contributed by atoms with Gasteiger partial charge in [0.1, 0.15) is 0 Å². The molecule has 2 saturated heterocycles. The standard InChI is InChI=1S/C23H33N5O.2ClH/c1-13-20-18(22(29)27(5)17-10-15-8-9-16(11-17)24-15)12-19(14-6-7-14)25-21(20)28(26-13)23(2,3)4;;/h12,14-17,24H,6-11H2,1-5H3;2*1H. The molecule has 1 amide bonds. The topological polar surface area (TPSA) is 63.1 Å². The molecular weight excluding hydrogens is 433 g/mol. The zero-order valence-electron chi connectivity index (χ0n) is 19.1. The summed E-state index contributed by atoms with van der Waals surface area (Å²) in [6, 6.07) is 3.51. The lowest BCUT2D eigenvalue weighted by Crippen LogP contribution is -2.48. The van der Waals surface area contributed by atoms with Crippen LogP contribution in [0.25, 0.3) is 11.0 Å². The number of piperidine rings is 1. The number of aryl methyl sites for hydroxylation is 1. The summed E-state index contributed by atoms with van der Waals surface area (Å²) in [5.41, 5.74) is 3.43. The second kappa shape index (κ2) is 8.53. The molecule has 0 aromatic carbocycles. The average Bonchev–Trinajstić information content (AvgIpc) is 3.40. The Morgan fingerprint density at radius 1 is 1.13 bits per heavy atom. The van der Waals surface area contributed by atoms with E-state index in [1.165, 1.54) is 25.7 Å². The third-order valence-corrected chi connectivity index (χ3v) is 7.01. The number of nitrogens with zero attached hydrogens (tertiary/aromatic N) is 4. The largest absolute Gasteiger partial charge is 0.339 e. The molecule has 1 N–H and O–H groups in total. The molecule has 3 aliphatic rings. The van der Waals surface area contributed by atoms with E-state index in [0.717, 1.165) is 40.8 Å². The van der Waals surface area contributed by atoms with Crippen molar-refractivity contribution in [2.75, 3.05) is 7.05 Å². The van der Waals surface area contributed by atoms with Gasteiger partial charge in [-0.05, 0) is 72.3 Å². The summed E-state index contributed by atoms with van der Waals surface area (Å²) in [4.78, 5) is 20.7. The van der Waals surface area contributed by atoms with Crippen LogP contribution in [0.15, 0.2) is 6.07 Å². The lowest BCUT2D eigenvalue weighted by Gasteiger charge is -2.35. The number of halogens is 2. The summed E-state index contributed by atoms with van der Waals surface area (Å²) >= 11 is 0. The first-order valence-corrected chi connectivity index (χ1v) is 11.2. The number of amides is 1. The van der Waals surface area contributed by atoms with Crippen LogP contribution in [-0.4, -0.2) is 50.7 Å². The van der Waals surface area contributed by atoms with Gasteiger partial charge < -0.3 is 10.2 Å². The molecule has 1 aliphatic carbocycles. The number of carbonyl (C=O) groups is 1. The number of fused-ring (bicyclic) bond motifs is 3. The quantitative estimate of drug-likeness (QED) is 0.717. The van der Waals surface area contributed by atoms with Crippen LogP contribution in [-0.2, 0) is 5.54 Å². The molecule has 5 rings (SSSR count). The van der Waals surface area contributed by atoms with E-state index in [9.17, 15) is 4.79 Å². The van der Waals surface area contributed by atoms with Crippen molar-refractivity contribution in [2.45, 2.75) is 95.8 Å². The number of aromatic nitrogens is 3. The molecule has 8 heteroatoms. The van der Waals surface area contributed by atoms with Crippen molar-refractivity contribution in [3.8, 4) is 0 Å². The van der Waals surface area contributed by atoms with Crippen LogP contribution < -0.4 is 5.32 Å². The Labute approximate surface area is 197 Å². The molecule has 0 radical (unpaired) electrons. The maximum absolute atomic E-state index is 13.7. The molecule has 4 heterocycles. The molecular formula is C23H35Cl2N5O. The normalized spacial score (nSPS) is 25.1. The minimum absolute atomic E-state index is 0. The van der Waals surface area contributed by atoms with Crippen LogP contribution in [0.2, 0.25) is 0 Å². The number of nitrogens with one attached hydrogen (secondary N) is 1. The fourth-order valence-electron chi connectivity index (χ4n) is 5.23. The van der Waals surface area contributed by atoms with Crippen LogP contribution in [0, 0.1) is 6.92 Å². The lowest BCUT2D eigenvalue weighted by atomic mass is 9.97. The van der Waals surface area contributed by atoms with Crippen molar-refractivity contribution >= 4 is 41.8 Å². The van der Waals surface area contributed by atoms with Crippen molar-refractivity contribution in [1.82, 2.24) is 25.0 Å². The molecule has 172 valence electrons. The second-order valence-corrected chi connectivity index (χ2v) is 10.4. The lowest BCUT2D eigenvalue weighted by molar-refractivity contribution is 0.0683. The maximum atomic E-state index is 13.7. The van der Waals surface area contributed by atoms with Gasteiger partial charge in [-0.25, -0.2) is 9.67 Å². The smallest absolute Gasteiger partial charge is 0.254 e. The number of hydrogen-bond donors (Lipinski definition) is 1. The third kappa shape index (κ3) is 4.31. The molecule has 1 saturated carbocycles. The average molecular weight is 468 g/mol. The Bertz CT molecular complexity index is 966. The van der Waals surface area contributed by atoms with Gasteiger partial charge in [0.15, 0.2) is 5.65 Å². The fourth-order valence-corrected chi connectivity index (χ4v) is 5.23. The highest BCUT2D eigenvalue weighted by molar-refractivity contribution is 6.06. The van der Waals surface area contributed by atoms with Crippen LogP contribution in [0.3, 0.4) is 0 Å². The predicted octanol–water partition coefficient (Wildman–Crippen LogP) is 4.57. The van der Waals surface area contributed by atoms with Crippen LogP contribution in [0.4, 0.5) is 0 Å². The number of rotatable bonds is 3. The summed E-state index contributed by atoms with van der Waals surface area (Å²) in [7, 11) is 1.99. The Hall–Kier alpha value is -1.37. The van der Waals surface area contributed by atoms with E-state index in [1.54, 1.807) is 0 Å². The molecule has 2 atom stereocenters. The first-order valence-electron chi connectivity index (χ1n) is 11.2. The van der Waals surface area contributed by atoms with Crippen molar-refractivity contribution in [3.05, 3.63) is 23.0 Å². The van der Waals surface area contributed by atoms with E-state index in [-0.39, 0.29) is 36.3 Å². The second-order valence-electron chi connectivity index (χ2n) is 10.4. The highest BCUT2D eigenvalue weighted by Gasteiger charge is 2.38. The third-order valence-electron chi connectivity index (χ3n) is 7.01. The van der Waals surface area contributed by atoms with Gasteiger partial charge in [-0.1, -0.05) is 0 Å². The molecule has 31 heavy (non-hydrogen) atoms. The minimum Gasteiger partial charge on any atom is -0.339 e. The monoisotopic (exact) mass is 467 g/mol. The first-order chi connectivity index (χ1) is 13.7. The zero-order valence-corrected chi connectivity index (χ0v) is 20.8. The van der Waals surface area contributed by atoms with Crippen molar-refractivity contribution in [2.24, 2.45) is 0 Å². The van der Waals surface area contributed by atoms with E-state index in [1.807, 2.05) is 23.6 Å². The number of carbonyl (C=O) groups excluding carboxylic acids is 1. The van der Waals surface area contributed by atoms with Gasteiger partial charge in [-0.3, -0.25) is 4.79 Å². The highest BCUT2D eigenvalue weighted by Crippen LogP contribution is 2.41. The van der Waals surface area contributed by atoms with E-state index in [4.69, 9.17) is 10.1 Å². The van der Waals surface area contributed by atoms with E-state index in [2.05, 4.69) is 32.2 Å². The molecule has 0 spiro atoms. The van der Waals surface area contributed by atoms with Crippen molar-refractivity contribution in [1.29, 1.82) is 0 Å². The van der Waals surface area contributed by atoms with Gasteiger partial charge in [-0.15, -0.1) is 24.8 Å². The van der Waals surface area contributed by atoms with Gasteiger partial charge in [0.05, 0.1) is 22.2 Å². The molecule has 6 nitrogen and oxygen atoms in total. The molecule has 3 fully saturated rings. The Balaban J connectivity index is 0.00000136. The molecule has 2 aromatic heterocycles. The van der Waals surface area contributed by atoms with Crippen molar-refractivity contribution in [3.63, 3.8) is 0 Å². The van der Waals surface area contributed by atoms with Crippen molar-refractivity contribution < 1.29 is 4.79 Å². The van der Waals surface area contributed by atoms with Gasteiger partial charge in [0.25, 0.3) is 5.91 Å². The van der Waals surface area contributed by atoms with Crippen LogP contribution >= 0.6 is 24.8 Å². The molecule has 2 unspecified atom stereocenters. The summed E-state index contributed by atoms with van der Waals surface area (Å²) in [6.45, 7) is 8.43. The minimum atomic E-state index is -0.178. The summed E-state index contributed by atoms with van der Waals surface area (Å²) in [5, 5.41) is 9.42. The summed E-state index contributed by atoms with van der Waals surface area (Å²) < 4.78 is 2.01. The van der Waals surface area contributed by atoms with E-state index >= 15 is 0 Å².